The Balaban J connectivity index is 1.77. The van der Waals surface area contributed by atoms with E-state index in [9.17, 15) is 9.90 Å². The Kier molecular flexibility index (Phi) is 4.42. The minimum absolute atomic E-state index is 0.250. The summed E-state index contributed by atoms with van der Waals surface area (Å²) in [7, 11) is 0. The van der Waals surface area contributed by atoms with Crippen molar-refractivity contribution >= 4 is 5.97 Å². The van der Waals surface area contributed by atoms with Crippen LogP contribution in [0.1, 0.15) is 59.3 Å². The number of aliphatic hydroxyl groups is 1. The molecule has 2 aliphatic rings. The van der Waals surface area contributed by atoms with Gasteiger partial charge in [0.15, 0.2) is 5.79 Å². The predicted molar refractivity (Wildman–Crippen MR) is 73.1 cm³/mol. The molecule has 1 N–H and O–H groups in total. The molecule has 0 aromatic heterocycles. The van der Waals surface area contributed by atoms with Crippen LogP contribution in [0, 0.1) is 0 Å². The van der Waals surface area contributed by atoms with E-state index in [1.54, 1.807) is 0 Å². The molecule has 2 rings (SSSR count). The topological polar surface area (TPSA) is 65.0 Å². The normalized spacial score (nSPS) is 24.8. The van der Waals surface area contributed by atoms with E-state index < -0.39 is 17.0 Å². The maximum absolute atomic E-state index is 11.7. The Bertz CT molecular complexity index is 342. The Labute approximate surface area is 120 Å². The zero-order chi connectivity index (χ0) is 14.9. The Morgan fingerprint density at radius 1 is 1.15 bits per heavy atom. The van der Waals surface area contributed by atoms with Gasteiger partial charge < -0.3 is 19.3 Å². The highest BCUT2D eigenvalue weighted by atomic mass is 16.7. The molecule has 0 radical (unpaired) electrons. The third-order valence-corrected chi connectivity index (χ3v) is 3.97. The minimum atomic E-state index is -0.794. The molecule has 0 aromatic rings. The maximum atomic E-state index is 11.7. The van der Waals surface area contributed by atoms with Gasteiger partial charge in [0.1, 0.15) is 5.60 Å². The summed E-state index contributed by atoms with van der Waals surface area (Å²) in [4.78, 5) is 11.7. The predicted octanol–water partition coefficient (Wildman–Crippen LogP) is 2.16. The molecule has 0 unspecified atom stereocenters. The van der Waals surface area contributed by atoms with Crippen molar-refractivity contribution in [3.8, 4) is 0 Å². The van der Waals surface area contributed by atoms with Crippen LogP contribution in [-0.4, -0.2) is 41.3 Å². The summed E-state index contributed by atoms with van der Waals surface area (Å²) >= 11 is 0. The van der Waals surface area contributed by atoms with Gasteiger partial charge in [-0.3, -0.25) is 4.79 Å². The average molecular weight is 286 g/mol. The van der Waals surface area contributed by atoms with Gasteiger partial charge in [0.2, 0.25) is 0 Å². The summed E-state index contributed by atoms with van der Waals surface area (Å²) in [6.45, 7) is 6.81. The Morgan fingerprint density at radius 2 is 1.70 bits per heavy atom. The van der Waals surface area contributed by atoms with E-state index in [4.69, 9.17) is 14.2 Å². The molecular weight excluding hydrogens is 260 g/mol. The summed E-state index contributed by atoms with van der Waals surface area (Å²) in [6, 6.07) is 0. The number of carbonyl (C=O) groups excluding carboxylic acids is 1. The van der Waals surface area contributed by atoms with Crippen molar-refractivity contribution < 1.29 is 24.1 Å². The highest BCUT2D eigenvalue weighted by Gasteiger charge is 2.45. The first-order valence-electron chi connectivity index (χ1n) is 7.44. The molecule has 116 valence electrons. The van der Waals surface area contributed by atoms with Crippen LogP contribution >= 0.6 is 0 Å². The van der Waals surface area contributed by atoms with Crippen molar-refractivity contribution in [2.45, 2.75) is 76.3 Å². The molecule has 1 spiro atoms. The van der Waals surface area contributed by atoms with Crippen LogP contribution in [-0.2, 0) is 19.0 Å². The molecule has 1 aliphatic heterocycles. The third kappa shape index (κ3) is 4.17. The SMILES string of the molecule is CC(C)(C)OC(=O)CCC1(O)CCC2(CC1)OCCO2. The zero-order valence-electron chi connectivity index (χ0n) is 12.7. The lowest BCUT2D eigenvalue weighted by molar-refractivity contribution is -0.204. The van der Waals surface area contributed by atoms with Crippen LogP contribution in [0.4, 0.5) is 0 Å². The van der Waals surface area contributed by atoms with Crippen LogP contribution in [0.2, 0.25) is 0 Å². The quantitative estimate of drug-likeness (QED) is 0.805. The molecule has 5 heteroatoms. The van der Waals surface area contributed by atoms with Crippen molar-refractivity contribution in [2.24, 2.45) is 0 Å². The lowest BCUT2D eigenvalue weighted by Gasteiger charge is -2.40. The fourth-order valence-electron chi connectivity index (χ4n) is 2.86. The summed E-state index contributed by atoms with van der Waals surface area (Å²) in [5.41, 5.74) is -1.26. The van der Waals surface area contributed by atoms with Crippen molar-refractivity contribution in [1.29, 1.82) is 0 Å². The first kappa shape index (κ1) is 15.7. The van der Waals surface area contributed by atoms with E-state index in [-0.39, 0.29) is 12.4 Å². The summed E-state index contributed by atoms with van der Waals surface area (Å²) in [5.74, 6) is -0.724. The number of esters is 1. The van der Waals surface area contributed by atoms with Crippen LogP contribution in [0.15, 0.2) is 0 Å². The molecule has 1 aliphatic carbocycles. The van der Waals surface area contributed by atoms with E-state index in [0.717, 1.165) is 0 Å². The number of ether oxygens (including phenoxy) is 3. The first-order chi connectivity index (χ1) is 9.22. The molecule has 2 fully saturated rings. The largest absolute Gasteiger partial charge is 0.460 e. The van der Waals surface area contributed by atoms with Gasteiger partial charge in [-0.25, -0.2) is 0 Å². The number of carbonyl (C=O) groups is 1. The first-order valence-corrected chi connectivity index (χ1v) is 7.44. The zero-order valence-corrected chi connectivity index (χ0v) is 12.7. The molecule has 1 heterocycles. The number of rotatable bonds is 3. The maximum Gasteiger partial charge on any atom is 0.306 e. The van der Waals surface area contributed by atoms with E-state index in [2.05, 4.69) is 0 Å². The summed E-state index contributed by atoms with van der Waals surface area (Å²) < 4.78 is 16.6. The molecule has 0 aromatic carbocycles. The second kappa shape index (κ2) is 5.62. The van der Waals surface area contributed by atoms with Gasteiger partial charge in [-0.2, -0.15) is 0 Å². The average Bonchev–Trinajstić information content (AvgIpc) is 2.79. The van der Waals surface area contributed by atoms with Crippen molar-refractivity contribution in [2.75, 3.05) is 13.2 Å². The van der Waals surface area contributed by atoms with Gasteiger partial charge >= 0.3 is 5.97 Å². The Hall–Kier alpha value is -0.650. The van der Waals surface area contributed by atoms with Gasteiger partial charge in [-0.1, -0.05) is 0 Å². The minimum Gasteiger partial charge on any atom is -0.460 e. The van der Waals surface area contributed by atoms with Crippen LogP contribution < -0.4 is 0 Å². The van der Waals surface area contributed by atoms with Gasteiger partial charge in [-0.05, 0) is 40.0 Å². The molecule has 0 bridgehead atoms. The lowest BCUT2D eigenvalue weighted by atomic mass is 9.78. The van der Waals surface area contributed by atoms with Gasteiger partial charge in [0.25, 0.3) is 0 Å². The van der Waals surface area contributed by atoms with Crippen molar-refractivity contribution in [3.05, 3.63) is 0 Å². The second-order valence-corrected chi connectivity index (χ2v) is 6.92. The molecule has 5 nitrogen and oxygen atoms in total. The van der Waals surface area contributed by atoms with Crippen molar-refractivity contribution in [1.82, 2.24) is 0 Å². The number of hydrogen-bond acceptors (Lipinski definition) is 5. The van der Waals surface area contributed by atoms with E-state index >= 15 is 0 Å². The van der Waals surface area contributed by atoms with Crippen LogP contribution in [0.5, 0.6) is 0 Å². The molecule has 0 amide bonds. The lowest BCUT2D eigenvalue weighted by Crippen LogP contribution is -2.44. The van der Waals surface area contributed by atoms with Crippen LogP contribution in [0.25, 0.3) is 0 Å². The molecule has 1 saturated heterocycles. The second-order valence-electron chi connectivity index (χ2n) is 6.92. The standard InChI is InChI=1S/C15H26O5/c1-13(2,3)20-12(16)4-5-14(17)6-8-15(9-7-14)18-10-11-19-15/h17H,4-11H2,1-3H3. The summed E-state index contributed by atoms with van der Waals surface area (Å²) in [6.07, 6.45) is 3.29. The number of hydrogen-bond donors (Lipinski definition) is 1. The monoisotopic (exact) mass is 286 g/mol. The van der Waals surface area contributed by atoms with Gasteiger partial charge in [0.05, 0.1) is 18.8 Å². The Morgan fingerprint density at radius 3 is 2.20 bits per heavy atom. The smallest absolute Gasteiger partial charge is 0.306 e. The molecule has 20 heavy (non-hydrogen) atoms. The van der Waals surface area contributed by atoms with E-state index in [1.165, 1.54) is 0 Å². The highest BCUT2D eigenvalue weighted by Crippen LogP contribution is 2.42. The van der Waals surface area contributed by atoms with Gasteiger partial charge in [-0.15, -0.1) is 0 Å². The fraction of sp³-hybridized carbons (Fsp3) is 0.933. The van der Waals surface area contributed by atoms with Gasteiger partial charge in [0, 0.05) is 19.3 Å². The highest BCUT2D eigenvalue weighted by molar-refractivity contribution is 5.69. The summed E-state index contributed by atoms with van der Waals surface area (Å²) in [5, 5.41) is 10.5. The van der Waals surface area contributed by atoms with E-state index in [0.29, 0.717) is 45.3 Å². The van der Waals surface area contributed by atoms with Crippen LogP contribution in [0.3, 0.4) is 0 Å². The molecule has 0 atom stereocenters. The van der Waals surface area contributed by atoms with E-state index in [1.807, 2.05) is 20.8 Å². The molecule has 1 saturated carbocycles. The molecular formula is C15H26O5. The van der Waals surface area contributed by atoms with Crippen molar-refractivity contribution in [3.63, 3.8) is 0 Å². The fourth-order valence-corrected chi connectivity index (χ4v) is 2.86. The third-order valence-electron chi connectivity index (χ3n) is 3.97.